The summed E-state index contributed by atoms with van der Waals surface area (Å²) in [4.78, 5) is 19.4. The van der Waals surface area contributed by atoms with Gasteiger partial charge in [0.15, 0.2) is 11.5 Å². The van der Waals surface area contributed by atoms with Crippen molar-refractivity contribution in [2.24, 2.45) is 0 Å². The maximum atomic E-state index is 13.2. The van der Waals surface area contributed by atoms with E-state index < -0.39 is 0 Å². The van der Waals surface area contributed by atoms with Crippen LogP contribution in [0.2, 0.25) is 0 Å². The third kappa shape index (κ3) is 4.48. The molecule has 6 nitrogen and oxygen atoms in total. The number of hydrogen-bond acceptors (Lipinski definition) is 5. The van der Waals surface area contributed by atoms with E-state index in [1.807, 2.05) is 41.3 Å². The number of aromatic nitrogens is 1. The fraction of sp³-hybridized carbons (Fsp3) is 0.217. The minimum absolute atomic E-state index is 0.0405. The minimum Gasteiger partial charge on any atom is -0.497 e. The van der Waals surface area contributed by atoms with Crippen molar-refractivity contribution in [1.29, 1.82) is 0 Å². The van der Waals surface area contributed by atoms with Gasteiger partial charge < -0.3 is 19.1 Å². The number of ether oxygens (including phenoxy) is 3. The van der Waals surface area contributed by atoms with Gasteiger partial charge in [-0.2, -0.15) is 0 Å². The van der Waals surface area contributed by atoms with E-state index >= 15 is 0 Å². The Labute approximate surface area is 169 Å². The number of amides is 1. The van der Waals surface area contributed by atoms with Crippen LogP contribution in [0.25, 0.3) is 0 Å². The molecule has 0 unspecified atom stereocenters. The Morgan fingerprint density at radius 3 is 2.66 bits per heavy atom. The SMILES string of the molecule is COc1ccc(C(=O)N(CCc2ccccn2)Cc2ccc3c(c2)OCO3)cc1. The highest BCUT2D eigenvalue weighted by Gasteiger charge is 2.19. The summed E-state index contributed by atoms with van der Waals surface area (Å²) in [7, 11) is 1.61. The van der Waals surface area contributed by atoms with Crippen LogP contribution < -0.4 is 14.2 Å². The molecule has 0 atom stereocenters. The lowest BCUT2D eigenvalue weighted by Crippen LogP contribution is -2.32. The molecular weight excluding hydrogens is 368 g/mol. The van der Waals surface area contributed by atoms with Gasteiger partial charge >= 0.3 is 0 Å². The molecule has 0 spiro atoms. The van der Waals surface area contributed by atoms with Crippen molar-refractivity contribution in [3.63, 3.8) is 0 Å². The molecule has 1 aliphatic heterocycles. The zero-order valence-electron chi connectivity index (χ0n) is 16.2. The summed E-state index contributed by atoms with van der Waals surface area (Å²) in [6, 6.07) is 18.7. The lowest BCUT2D eigenvalue weighted by atomic mass is 10.1. The van der Waals surface area contributed by atoms with Crippen molar-refractivity contribution in [2.75, 3.05) is 20.4 Å². The van der Waals surface area contributed by atoms with Gasteiger partial charge in [0.05, 0.1) is 7.11 Å². The largest absolute Gasteiger partial charge is 0.497 e. The Morgan fingerprint density at radius 2 is 1.90 bits per heavy atom. The first-order valence-corrected chi connectivity index (χ1v) is 9.45. The van der Waals surface area contributed by atoms with Crippen LogP contribution in [0.15, 0.2) is 66.9 Å². The first-order valence-electron chi connectivity index (χ1n) is 9.45. The summed E-state index contributed by atoms with van der Waals surface area (Å²) in [5, 5.41) is 0. The fourth-order valence-corrected chi connectivity index (χ4v) is 3.22. The predicted molar refractivity (Wildman–Crippen MR) is 108 cm³/mol. The number of methoxy groups -OCH3 is 1. The van der Waals surface area contributed by atoms with E-state index in [-0.39, 0.29) is 12.7 Å². The van der Waals surface area contributed by atoms with Crippen LogP contribution in [0, 0.1) is 0 Å². The van der Waals surface area contributed by atoms with Gasteiger partial charge in [0.1, 0.15) is 5.75 Å². The topological polar surface area (TPSA) is 60.9 Å². The molecule has 0 aliphatic carbocycles. The molecule has 4 rings (SSSR count). The first kappa shape index (κ1) is 18.8. The Bertz CT molecular complexity index is 974. The fourth-order valence-electron chi connectivity index (χ4n) is 3.22. The molecule has 29 heavy (non-hydrogen) atoms. The molecule has 2 heterocycles. The van der Waals surface area contributed by atoms with Crippen LogP contribution in [0.3, 0.4) is 0 Å². The number of carbonyl (C=O) groups excluding carboxylic acids is 1. The summed E-state index contributed by atoms with van der Waals surface area (Å²) in [6.45, 7) is 1.25. The molecular formula is C23H22N2O4. The smallest absolute Gasteiger partial charge is 0.254 e. The lowest BCUT2D eigenvalue weighted by Gasteiger charge is -2.23. The van der Waals surface area contributed by atoms with E-state index in [2.05, 4.69) is 4.98 Å². The van der Waals surface area contributed by atoms with Crippen molar-refractivity contribution in [3.05, 3.63) is 83.7 Å². The van der Waals surface area contributed by atoms with Gasteiger partial charge in [-0.1, -0.05) is 12.1 Å². The second-order valence-electron chi connectivity index (χ2n) is 6.71. The van der Waals surface area contributed by atoms with Crippen molar-refractivity contribution in [2.45, 2.75) is 13.0 Å². The van der Waals surface area contributed by atoms with E-state index in [0.29, 0.717) is 30.8 Å². The molecule has 1 aliphatic rings. The van der Waals surface area contributed by atoms with Crippen LogP contribution in [0.1, 0.15) is 21.6 Å². The molecule has 0 radical (unpaired) electrons. The standard InChI is InChI=1S/C23H22N2O4/c1-27-20-8-6-18(7-9-20)23(26)25(13-11-19-4-2-3-12-24-19)15-17-5-10-21-22(14-17)29-16-28-21/h2-10,12,14H,11,13,15-16H2,1H3. The molecule has 0 fully saturated rings. The van der Waals surface area contributed by atoms with Gasteiger partial charge in [0.25, 0.3) is 5.91 Å². The number of carbonyl (C=O) groups is 1. The quantitative estimate of drug-likeness (QED) is 0.616. The third-order valence-electron chi connectivity index (χ3n) is 4.80. The molecule has 0 saturated carbocycles. The molecule has 1 amide bonds. The van der Waals surface area contributed by atoms with Crippen LogP contribution in [-0.4, -0.2) is 36.2 Å². The van der Waals surface area contributed by atoms with Crippen LogP contribution in [-0.2, 0) is 13.0 Å². The number of benzene rings is 2. The molecule has 1 aromatic heterocycles. The summed E-state index contributed by atoms with van der Waals surface area (Å²) < 4.78 is 16.0. The normalized spacial score (nSPS) is 11.9. The average Bonchev–Trinajstić information content (AvgIpc) is 3.25. The zero-order chi connectivity index (χ0) is 20.1. The Morgan fingerprint density at radius 1 is 1.07 bits per heavy atom. The van der Waals surface area contributed by atoms with Crippen LogP contribution in [0.5, 0.6) is 17.2 Å². The second-order valence-corrected chi connectivity index (χ2v) is 6.71. The summed E-state index contributed by atoms with van der Waals surface area (Å²) in [5.41, 5.74) is 2.55. The van der Waals surface area contributed by atoms with E-state index in [1.165, 1.54) is 0 Å². The number of pyridine rings is 1. The lowest BCUT2D eigenvalue weighted by molar-refractivity contribution is 0.0744. The van der Waals surface area contributed by atoms with Crippen molar-refractivity contribution < 1.29 is 19.0 Å². The summed E-state index contributed by atoms with van der Waals surface area (Å²) >= 11 is 0. The van der Waals surface area contributed by atoms with E-state index in [4.69, 9.17) is 14.2 Å². The highest BCUT2D eigenvalue weighted by molar-refractivity contribution is 5.94. The Kier molecular flexibility index (Phi) is 5.61. The Hall–Kier alpha value is -3.54. The van der Waals surface area contributed by atoms with Gasteiger partial charge in [0, 0.05) is 37.0 Å². The van der Waals surface area contributed by atoms with Crippen molar-refractivity contribution in [1.82, 2.24) is 9.88 Å². The number of hydrogen-bond donors (Lipinski definition) is 0. The number of rotatable bonds is 7. The Balaban J connectivity index is 1.54. The molecule has 148 valence electrons. The minimum atomic E-state index is -0.0405. The second kappa shape index (κ2) is 8.65. The maximum absolute atomic E-state index is 13.2. The van der Waals surface area contributed by atoms with Gasteiger partial charge in [-0.15, -0.1) is 0 Å². The van der Waals surface area contributed by atoms with E-state index in [1.54, 1.807) is 37.6 Å². The third-order valence-corrected chi connectivity index (χ3v) is 4.80. The van der Waals surface area contributed by atoms with Crippen LogP contribution >= 0.6 is 0 Å². The molecule has 0 saturated heterocycles. The van der Waals surface area contributed by atoms with Gasteiger partial charge in [0.2, 0.25) is 6.79 Å². The highest BCUT2D eigenvalue weighted by atomic mass is 16.7. The summed E-state index contributed by atoms with van der Waals surface area (Å²) in [6.07, 6.45) is 2.44. The van der Waals surface area contributed by atoms with Gasteiger partial charge in [-0.3, -0.25) is 9.78 Å². The number of fused-ring (bicyclic) bond motifs is 1. The van der Waals surface area contributed by atoms with Gasteiger partial charge in [-0.25, -0.2) is 0 Å². The molecule has 6 heteroatoms. The average molecular weight is 390 g/mol. The molecule has 2 aromatic carbocycles. The van der Waals surface area contributed by atoms with E-state index in [0.717, 1.165) is 22.8 Å². The molecule has 0 N–H and O–H groups in total. The monoisotopic (exact) mass is 390 g/mol. The number of nitrogens with zero attached hydrogens (tertiary/aromatic N) is 2. The van der Waals surface area contributed by atoms with E-state index in [9.17, 15) is 4.79 Å². The van der Waals surface area contributed by atoms with Crippen LogP contribution in [0.4, 0.5) is 0 Å². The predicted octanol–water partition coefficient (Wildman–Crippen LogP) is 3.70. The first-order chi connectivity index (χ1) is 14.2. The highest BCUT2D eigenvalue weighted by Crippen LogP contribution is 2.33. The van der Waals surface area contributed by atoms with Crippen molar-refractivity contribution >= 4 is 5.91 Å². The molecule has 0 bridgehead atoms. The van der Waals surface area contributed by atoms with Crippen molar-refractivity contribution in [3.8, 4) is 17.2 Å². The van der Waals surface area contributed by atoms with Gasteiger partial charge in [-0.05, 0) is 54.1 Å². The maximum Gasteiger partial charge on any atom is 0.254 e. The zero-order valence-corrected chi connectivity index (χ0v) is 16.2. The summed E-state index contributed by atoms with van der Waals surface area (Å²) in [5.74, 6) is 2.12. The molecule has 3 aromatic rings.